The molecule has 1 aliphatic rings. The van der Waals surface area contributed by atoms with E-state index in [1.54, 1.807) is 0 Å². The molecule has 1 fully saturated rings. The normalized spacial score (nSPS) is 22.3. The van der Waals surface area contributed by atoms with Gasteiger partial charge in [0.2, 0.25) is 0 Å². The van der Waals surface area contributed by atoms with Gasteiger partial charge in [0.05, 0.1) is 19.5 Å². The minimum absolute atomic E-state index is 0.00840. The topological polar surface area (TPSA) is 29.5 Å². The van der Waals surface area contributed by atoms with E-state index in [2.05, 4.69) is 6.58 Å². The van der Waals surface area contributed by atoms with Gasteiger partial charge in [-0.25, -0.2) is 0 Å². The highest BCUT2D eigenvalue weighted by molar-refractivity contribution is 4.80. The second-order valence-electron chi connectivity index (χ2n) is 5.11. The average Bonchev–Trinajstić information content (AvgIpc) is 2.34. The molecule has 94 valence electrons. The minimum atomic E-state index is -0.00840. The van der Waals surface area contributed by atoms with Gasteiger partial charge in [0.15, 0.2) is 0 Å². The van der Waals surface area contributed by atoms with E-state index >= 15 is 0 Å². The number of ether oxygens (including phenoxy) is 1. The summed E-state index contributed by atoms with van der Waals surface area (Å²) >= 11 is 0. The van der Waals surface area contributed by atoms with Crippen LogP contribution in [-0.2, 0) is 4.74 Å². The quantitative estimate of drug-likeness (QED) is 0.741. The predicted octanol–water partition coefficient (Wildman–Crippen LogP) is 3.65. The fourth-order valence-corrected chi connectivity index (χ4v) is 2.59. The lowest BCUT2D eigenvalue weighted by Gasteiger charge is -2.32. The molecule has 1 rings (SSSR count). The van der Waals surface area contributed by atoms with Gasteiger partial charge in [0.1, 0.15) is 0 Å². The van der Waals surface area contributed by atoms with Crippen LogP contribution >= 0.6 is 0 Å². The molecule has 1 N–H and O–H groups in total. The van der Waals surface area contributed by atoms with E-state index < -0.39 is 0 Å². The summed E-state index contributed by atoms with van der Waals surface area (Å²) in [5.74, 6) is 0. The summed E-state index contributed by atoms with van der Waals surface area (Å²) in [7, 11) is 0. The van der Waals surface area contributed by atoms with E-state index in [-0.39, 0.29) is 12.0 Å². The number of aliphatic hydroxyl groups is 1. The largest absolute Gasteiger partial charge is 0.501 e. The van der Waals surface area contributed by atoms with Crippen LogP contribution in [0.1, 0.15) is 57.8 Å². The number of hydrogen-bond donors (Lipinski definition) is 1. The third-order valence-corrected chi connectivity index (χ3v) is 3.76. The van der Waals surface area contributed by atoms with E-state index in [4.69, 9.17) is 4.74 Å². The van der Waals surface area contributed by atoms with Gasteiger partial charge in [0, 0.05) is 5.41 Å². The molecule has 2 heteroatoms. The first-order chi connectivity index (χ1) is 7.83. The van der Waals surface area contributed by atoms with Crippen molar-refractivity contribution in [1.29, 1.82) is 0 Å². The smallest absolute Gasteiger partial charge is 0.0951 e. The van der Waals surface area contributed by atoms with Crippen LogP contribution in [0.5, 0.6) is 0 Å². The van der Waals surface area contributed by atoms with Crippen molar-refractivity contribution >= 4 is 0 Å². The summed E-state index contributed by atoms with van der Waals surface area (Å²) in [6.45, 7) is 4.46. The first-order valence-electron chi connectivity index (χ1n) is 6.66. The lowest BCUT2D eigenvalue weighted by atomic mass is 9.78. The van der Waals surface area contributed by atoms with Gasteiger partial charge in [0.25, 0.3) is 0 Å². The summed E-state index contributed by atoms with van der Waals surface area (Å²) in [6, 6.07) is 0. The highest BCUT2D eigenvalue weighted by Crippen LogP contribution is 2.33. The zero-order valence-electron chi connectivity index (χ0n) is 10.4. The maximum Gasteiger partial charge on any atom is 0.0951 e. The van der Waals surface area contributed by atoms with Gasteiger partial charge in [-0.3, -0.25) is 0 Å². The Morgan fingerprint density at radius 1 is 1.00 bits per heavy atom. The molecule has 0 atom stereocenters. The number of hydrogen-bond acceptors (Lipinski definition) is 2. The monoisotopic (exact) mass is 226 g/mol. The molecule has 16 heavy (non-hydrogen) atoms. The third-order valence-electron chi connectivity index (χ3n) is 3.76. The van der Waals surface area contributed by atoms with Gasteiger partial charge in [-0.15, -0.1) is 0 Å². The average molecular weight is 226 g/mol. The Bertz CT molecular complexity index is 179. The van der Waals surface area contributed by atoms with E-state index in [1.807, 2.05) is 0 Å². The molecule has 0 unspecified atom stereocenters. The minimum Gasteiger partial charge on any atom is -0.501 e. The predicted molar refractivity (Wildman–Crippen MR) is 67.2 cm³/mol. The molecule has 0 aromatic carbocycles. The van der Waals surface area contributed by atoms with E-state index in [9.17, 15) is 5.11 Å². The van der Waals surface area contributed by atoms with Crippen LogP contribution < -0.4 is 0 Å². The molecule has 0 aromatic rings. The Labute approximate surface area is 99.7 Å². The lowest BCUT2D eigenvalue weighted by Crippen LogP contribution is -2.31. The summed E-state index contributed by atoms with van der Waals surface area (Å²) in [6.07, 6.45) is 12.8. The number of rotatable bonds is 4. The van der Waals surface area contributed by atoms with Gasteiger partial charge in [-0.05, 0) is 12.8 Å². The summed E-state index contributed by atoms with van der Waals surface area (Å²) < 4.78 is 5.34. The van der Waals surface area contributed by atoms with Crippen LogP contribution in [0, 0.1) is 5.41 Å². The van der Waals surface area contributed by atoms with E-state index in [0.29, 0.717) is 6.61 Å². The fourth-order valence-electron chi connectivity index (χ4n) is 2.59. The molecule has 0 heterocycles. The van der Waals surface area contributed by atoms with Crippen molar-refractivity contribution in [2.75, 3.05) is 13.2 Å². The van der Waals surface area contributed by atoms with Gasteiger partial charge >= 0.3 is 0 Å². The molecule has 1 saturated carbocycles. The number of aliphatic hydroxyl groups excluding tert-OH is 1. The van der Waals surface area contributed by atoms with Crippen molar-refractivity contribution in [2.45, 2.75) is 57.8 Å². The molecule has 0 bridgehead atoms. The second kappa shape index (κ2) is 7.72. The summed E-state index contributed by atoms with van der Waals surface area (Å²) in [5.41, 5.74) is -0.00840. The zero-order chi connectivity index (χ0) is 11.7. The molecule has 2 nitrogen and oxygen atoms in total. The van der Waals surface area contributed by atoms with Crippen LogP contribution in [0.2, 0.25) is 0 Å². The SMILES string of the molecule is C=COCC1(CO)CCCCCCCCC1. The maximum atomic E-state index is 9.63. The van der Waals surface area contributed by atoms with Crippen LogP contribution in [0.15, 0.2) is 12.8 Å². The Morgan fingerprint density at radius 3 is 1.94 bits per heavy atom. The lowest BCUT2D eigenvalue weighted by molar-refractivity contribution is 0.0272. The zero-order valence-corrected chi connectivity index (χ0v) is 10.4. The van der Waals surface area contributed by atoms with Crippen molar-refractivity contribution in [1.82, 2.24) is 0 Å². The Morgan fingerprint density at radius 2 is 1.50 bits per heavy atom. The Hall–Kier alpha value is -0.500. The first-order valence-corrected chi connectivity index (χ1v) is 6.66. The molecule has 0 amide bonds. The molecular formula is C14H26O2. The first kappa shape index (κ1) is 13.6. The van der Waals surface area contributed by atoms with E-state index in [0.717, 1.165) is 12.8 Å². The van der Waals surface area contributed by atoms with Crippen molar-refractivity contribution in [3.8, 4) is 0 Å². The molecule has 0 saturated heterocycles. The molecule has 0 aromatic heterocycles. The van der Waals surface area contributed by atoms with Gasteiger partial charge < -0.3 is 9.84 Å². The van der Waals surface area contributed by atoms with Crippen molar-refractivity contribution in [3.63, 3.8) is 0 Å². The Balaban J connectivity index is 2.49. The van der Waals surface area contributed by atoms with Crippen LogP contribution in [0.4, 0.5) is 0 Å². The third kappa shape index (κ3) is 4.56. The van der Waals surface area contributed by atoms with Crippen molar-refractivity contribution in [3.05, 3.63) is 12.8 Å². The van der Waals surface area contributed by atoms with E-state index in [1.165, 1.54) is 51.2 Å². The molecule has 0 aliphatic heterocycles. The van der Waals surface area contributed by atoms with Crippen LogP contribution in [0.25, 0.3) is 0 Å². The van der Waals surface area contributed by atoms with Gasteiger partial charge in [-0.2, -0.15) is 0 Å². The molecule has 0 spiro atoms. The molecule has 0 radical (unpaired) electrons. The highest BCUT2D eigenvalue weighted by atomic mass is 16.5. The summed E-state index contributed by atoms with van der Waals surface area (Å²) in [4.78, 5) is 0. The molecule has 1 aliphatic carbocycles. The van der Waals surface area contributed by atoms with Crippen LogP contribution in [-0.4, -0.2) is 18.3 Å². The standard InChI is InChI=1S/C14H26O2/c1-2-16-13-14(12-15)10-8-6-4-3-5-7-9-11-14/h2,15H,1,3-13H2. The maximum absolute atomic E-state index is 9.63. The second-order valence-corrected chi connectivity index (χ2v) is 5.11. The van der Waals surface area contributed by atoms with Crippen molar-refractivity contribution < 1.29 is 9.84 Å². The van der Waals surface area contributed by atoms with Crippen LogP contribution in [0.3, 0.4) is 0 Å². The fraction of sp³-hybridized carbons (Fsp3) is 0.857. The van der Waals surface area contributed by atoms with Gasteiger partial charge in [-0.1, -0.05) is 51.5 Å². The summed E-state index contributed by atoms with van der Waals surface area (Å²) in [5, 5.41) is 9.63. The molecular weight excluding hydrogens is 200 g/mol. The van der Waals surface area contributed by atoms with Crippen molar-refractivity contribution in [2.24, 2.45) is 5.41 Å². The highest BCUT2D eigenvalue weighted by Gasteiger charge is 2.29. The Kier molecular flexibility index (Phi) is 6.55.